The number of carbonyl (C=O) groups excluding carboxylic acids is 1. The van der Waals surface area contributed by atoms with Crippen LogP contribution in [-0.2, 0) is 0 Å². The van der Waals surface area contributed by atoms with Crippen molar-refractivity contribution < 1.29 is 4.79 Å². The van der Waals surface area contributed by atoms with Gasteiger partial charge in [0.2, 0.25) is 0 Å². The molecular weight excluding hydrogens is 313 g/mol. The molecule has 1 saturated heterocycles. The number of benzene rings is 1. The van der Waals surface area contributed by atoms with Crippen LogP contribution < -0.4 is 0 Å². The lowest BCUT2D eigenvalue weighted by atomic mass is 10.1. The van der Waals surface area contributed by atoms with Crippen LogP contribution in [-0.4, -0.2) is 23.9 Å². The van der Waals surface area contributed by atoms with E-state index in [1.54, 1.807) is 0 Å². The minimum atomic E-state index is 0.202. The van der Waals surface area contributed by atoms with Crippen molar-refractivity contribution in [1.29, 1.82) is 0 Å². The number of piperidine rings is 1. The van der Waals surface area contributed by atoms with Crippen LogP contribution in [0.15, 0.2) is 18.2 Å². The molecule has 0 radical (unpaired) electrons. The van der Waals surface area contributed by atoms with Crippen LogP contribution in [0.3, 0.4) is 0 Å². The monoisotopic (exact) mass is 329 g/mol. The maximum absolute atomic E-state index is 12.3. The molecule has 3 heteroatoms. The minimum absolute atomic E-state index is 0.202. The van der Waals surface area contributed by atoms with Gasteiger partial charge >= 0.3 is 0 Å². The van der Waals surface area contributed by atoms with Gasteiger partial charge in [0.25, 0.3) is 5.91 Å². The standard InChI is InChI=1S/C13H16INO/c1-10-5-6-12(14)11(9-10)13(16)15-7-3-2-4-8-15/h5-6,9H,2-4,7-8H2,1H3. The molecule has 1 aliphatic rings. The van der Waals surface area contributed by atoms with Gasteiger partial charge in [-0.1, -0.05) is 11.6 Å². The van der Waals surface area contributed by atoms with E-state index in [9.17, 15) is 4.79 Å². The average molecular weight is 329 g/mol. The average Bonchev–Trinajstić information content (AvgIpc) is 2.32. The Kier molecular flexibility index (Phi) is 3.84. The van der Waals surface area contributed by atoms with Gasteiger partial charge in [0, 0.05) is 16.7 Å². The summed E-state index contributed by atoms with van der Waals surface area (Å²) in [6.07, 6.45) is 3.55. The molecule has 86 valence electrons. The summed E-state index contributed by atoms with van der Waals surface area (Å²) in [4.78, 5) is 14.3. The second-order valence-corrected chi connectivity index (χ2v) is 5.50. The second kappa shape index (κ2) is 5.17. The summed E-state index contributed by atoms with van der Waals surface area (Å²) < 4.78 is 1.05. The number of nitrogens with zero attached hydrogens (tertiary/aromatic N) is 1. The molecule has 0 saturated carbocycles. The highest BCUT2D eigenvalue weighted by atomic mass is 127. The van der Waals surface area contributed by atoms with Crippen LogP contribution in [0.5, 0.6) is 0 Å². The molecule has 0 aliphatic carbocycles. The Bertz CT molecular complexity index is 397. The molecule has 0 N–H and O–H groups in total. The second-order valence-electron chi connectivity index (χ2n) is 4.34. The van der Waals surface area contributed by atoms with Crippen LogP contribution in [0.2, 0.25) is 0 Å². The van der Waals surface area contributed by atoms with E-state index in [1.165, 1.54) is 6.42 Å². The van der Waals surface area contributed by atoms with Crippen molar-refractivity contribution in [3.8, 4) is 0 Å². The first-order valence-corrected chi connectivity index (χ1v) is 6.82. The first-order valence-electron chi connectivity index (χ1n) is 5.74. The molecule has 1 fully saturated rings. The highest BCUT2D eigenvalue weighted by Gasteiger charge is 2.19. The molecule has 1 aromatic rings. The summed E-state index contributed by atoms with van der Waals surface area (Å²) in [6.45, 7) is 3.87. The van der Waals surface area contributed by atoms with E-state index < -0.39 is 0 Å². The SMILES string of the molecule is Cc1ccc(I)c(C(=O)N2CCCCC2)c1. The Morgan fingerprint density at radius 1 is 1.25 bits per heavy atom. The van der Waals surface area contributed by atoms with Crippen LogP contribution >= 0.6 is 22.6 Å². The lowest BCUT2D eigenvalue weighted by molar-refractivity contribution is 0.0723. The third-order valence-corrected chi connectivity index (χ3v) is 3.94. The molecule has 1 aromatic carbocycles. The molecule has 1 aliphatic heterocycles. The predicted octanol–water partition coefficient (Wildman–Crippen LogP) is 3.23. The number of likely N-dealkylation sites (tertiary alicyclic amines) is 1. The number of halogens is 1. The predicted molar refractivity (Wildman–Crippen MR) is 73.7 cm³/mol. The van der Waals surface area contributed by atoms with E-state index in [0.717, 1.165) is 40.6 Å². The molecule has 2 nitrogen and oxygen atoms in total. The summed E-state index contributed by atoms with van der Waals surface area (Å²) in [5, 5.41) is 0. The Morgan fingerprint density at radius 2 is 1.94 bits per heavy atom. The summed E-state index contributed by atoms with van der Waals surface area (Å²) in [7, 11) is 0. The first-order chi connectivity index (χ1) is 7.68. The van der Waals surface area contributed by atoms with Gasteiger partial charge in [0.1, 0.15) is 0 Å². The number of rotatable bonds is 1. The summed E-state index contributed by atoms with van der Waals surface area (Å²) >= 11 is 2.24. The van der Waals surface area contributed by atoms with Gasteiger partial charge in [-0.15, -0.1) is 0 Å². The molecule has 0 bridgehead atoms. The number of aryl methyl sites for hydroxylation is 1. The third-order valence-electron chi connectivity index (χ3n) is 3.00. The van der Waals surface area contributed by atoms with Gasteiger partial charge in [-0.3, -0.25) is 4.79 Å². The van der Waals surface area contributed by atoms with Gasteiger partial charge in [0.05, 0.1) is 5.56 Å². The zero-order chi connectivity index (χ0) is 11.5. The van der Waals surface area contributed by atoms with Gasteiger partial charge < -0.3 is 4.90 Å². The highest BCUT2D eigenvalue weighted by Crippen LogP contribution is 2.18. The van der Waals surface area contributed by atoms with E-state index >= 15 is 0 Å². The van der Waals surface area contributed by atoms with Crippen molar-refractivity contribution in [2.24, 2.45) is 0 Å². The maximum atomic E-state index is 12.3. The van der Waals surface area contributed by atoms with E-state index in [4.69, 9.17) is 0 Å². The maximum Gasteiger partial charge on any atom is 0.254 e. The van der Waals surface area contributed by atoms with Gasteiger partial charge in [0.15, 0.2) is 0 Å². The minimum Gasteiger partial charge on any atom is -0.339 e. The van der Waals surface area contributed by atoms with Crippen molar-refractivity contribution >= 4 is 28.5 Å². The van der Waals surface area contributed by atoms with E-state index in [-0.39, 0.29) is 5.91 Å². The van der Waals surface area contributed by atoms with Crippen LogP contribution in [0.25, 0.3) is 0 Å². The van der Waals surface area contributed by atoms with E-state index in [1.807, 2.05) is 24.0 Å². The Hall–Kier alpha value is -0.580. The Morgan fingerprint density at radius 3 is 2.62 bits per heavy atom. The fourth-order valence-electron chi connectivity index (χ4n) is 2.07. The molecule has 0 aromatic heterocycles. The van der Waals surface area contributed by atoms with Crippen molar-refractivity contribution in [3.05, 3.63) is 32.9 Å². The van der Waals surface area contributed by atoms with Crippen molar-refractivity contribution in [1.82, 2.24) is 4.90 Å². The topological polar surface area (TPSA) is 20.3 Å². The molecule has 0 atom stereocenters. The number of amides is 1. The molecular formula is C13H16INO. The lowest BCUT2D eigenvalue weighted by Gasteiger charge is -2.27. The molecule has 16 heavy (non-hydrogen) atoms. The summed E-state index contributed by atoms with van der Waals surface area (Å²) in [6, 6.07) is 6.07. The molecule has 0 spiro atoms. The Balaban J connectivity index is 2.22. The van der Waals surface area contributed by atoms with E-state index in [0.29, 0.717) is 0 Å². The van der Waals surface area contributed by atoms with E-state index in [2.05, 4.69) is 28.7 Å². The van der Waals surface area contributed by atoms with Gasteiger partial charge in [-0.2, -0.15) is 0 Å². The van der Waals surface area contributed by atoms with Crippen LogP contribution in [0, 0.1) is 10.5 Å². The van der Waals surface area contributed by atoms with Gasteiger partial charge in [-0.25, -0.2) is 0 Å². The third kappa shape index (κ3) is 2.56. The summed E-state index contributed by atoms with van der Waals surface area (Å²) in [5.74, 6) is 0.202. The Labute approximate surface area is 110 Å². The van der Waals surface area contributed by atoms with Crippen LogP contribution in [0.1, 0.15) is 35.2 Å². The fraction of sp³-hybridized carbons (Fsp3) is 0.462. The highest BCUT2D eigenvalue weighted by molar-refractivity contribution is 14.1. The van der Waals surface area contributed by atoms with Crippen molar-refractivity contribution in [2.75, 3.05) is 13.1 Å². The van der Waals surface area contributed by atoms with Crippen molar-refractivity contribution in [3.63, 3.8) is 0 Å². The van der Waals surface area contributed by atoms with Crippen LogP contribution in [0.4, 0.5) is 0 Å². The van der Waals surface area contributed by atoms with Gasteiger partial charge in [-0.05, 0) is 60.9 Å². The number of carbonyl (C=O) groups is 1. The fourth-order valence-corrected chi connectivity index (χ4v) is 2.64. The largest absolute Gasteiger partial charge is 0.339 e. The molecule has 1 amide bonds. The summed E-state index contributed by atoms with van der Waals surface area (Å²) in [5.41, 5.74) is 2.02. The quantitative estimate of drug-likeness (QED) is 0.725. The lowest BCUT2D eigenvalue weighted by Crippen LogP contribution is -2.36. The first kappa shape index (κ1) is 11.9. The smallest absolute Gasteiger partial charge is 0.254 e. The molecule has 0 unspecified atom stereocenters. The number of hydrogen-bond acceptors (Lipinski definition) is 1. The van der Waals surface area contributed by atoms with Crippen molar-refractivity contribution in [2.45, 2.75) is 26.2 Å². The molecule has 2 rings (SSSR count). The zero-order valence-corrected chi connectivity index (χ0v) is 11.7. The normalized spacial score (nSPS) is 16.2. The molecule has 1 heterocycles. The number of hydrogen-bond donors (Lipinski definition) is 0. The zero-order valence-electron chi connectivity index (χ0n) is 9.50.